The van der Waals surface area contributed by atoms with Crippen molar-refractivity contribution >= 4 is 5.82 Å². The molecule has 2 aliphatic rings. The molecule has 2 N–H and O–H groups in total. The van der Waals surface area contributed by atoms with Gasteiger partial charge in [-0.1, -0.05) is 24.3 Å². The fourth-order valence-corrected chi connectivity index (χ4v) is 3.67. The van der Waals surface area contributed by atoms with Crippen LogP contribution in [0.15, 0.2) is 36.7 Å². The van der Waals surface area contributed by atoms with E-state index in [1.165, 1.54) is 42.5 Å². The molecule has 2 heterocycles. The smallest absolute Gasteiger partial charge is 0.132 e. The average Bonchev–Trinajstić information content (AvgIpc) is 3.47. The average molecular weight is 308 g/mol. The standard InChI is InChI=1S/C19H24N4/c20-12-16-3-1-2-4-17(16)14-7-9-23(10-8-14)19-11-18(15-5-6-15)21-13-22-19/h1-4,11,13-15H,5-10,12,20H2. The molecule has 1 aromatic heterocycles. The molecule has 23 heavy (non-hydrogen) atoms. The normalized spacial score (nSPS) is 19.1. The van der Waals surface area contributed by atoms with E-state index in [-0.39, 0.29) is 0 Å². The summed E-state index contributed by atoms with van der Waals surface area (Å²) in [6, 6.07) is 10.8. The summed E-state index contributed by atoms with van der Waals surface area (Å²) in [5.74, 6) is 2.41. The first-order chi connectivity index (χ1) is 11.3. The zero-order valence-corrected chi connectivity index (χ0v) is 13.5. The molecule has 1 aliphatic heterocycles. The Morgan fingerprint density at radius 2 is 1.78 bits per heavy atom. The van der Waals surface area contributed by atoms with Gasteiger partial charge in [0, 0.05) is 37.3 Å². The molecule has 1 aliphatic carbocycles. The quantitative estimate of drug-likeness (QED) is 0.942. The van der Waals surface area contributed by atoms with Crippen LogP contribution in [0.3, 0.4) is 0 Å². The molecule has 2 fully saturated rings. The van der Waals surface area contributed by atoms with Gasteiger partial charge in [0.15, 0.2) is 0 Å². The van der Waals surface area contributed by atoms with Gasteiger partial charge in [0.2, 0.25) is 0 Å². The molecule has 2 aromatic rings. The van der Waals surface area contributed by atoms with Crippen molar-refractivity contribution in [2.45, 2.75) is 44.1 Å². The highest BCUT2D eigenvalue weighted by molar-refractivity contribution is 5.42. The minimum atomic E-state index is 0.621. The number of hydrogen-bond donors (Lipinski definition) is 1. The predicted octanol–water partition coefficient (Wildman–Crippen LogP) is 3.20. The Balaban J connectivity index is 1.45. The van der Waals surface area contributed by atoms with Crippen molar-refractivity contribution in [2.75, 3.05) is 18.0 Å². The highest BCUT2D eigenvalue weighted by Crippen LogP contribution is 2.40. The largest absolute Gasteiger partial charge is 0.356 e. The van der Waals surface area contributed by atoms with Crippen LogP contribution >= 0.6 is 0 Å². The second-order valence-corrected chi connectivity index (χ2v) is 6.74. The van der Waals surface area contributed by atoms with E-state index >= 15 is 0 Å². The van der Waals surface area contributed by atoms with Gasteiger partial charge in [0.1, 0.15) is 12.1 Å². The first-order valence-electron chi connectivity index (χ1n) is 8.70. The van der Waals surface area contributed by atoms with Crippen molar-refractivity contribution in [3.63, 3.8) is 0 Å². The Kier molecular flexibility index (Phi) is 4.00. The molecule has 120 valence electrons. The van der Waals surface area contributed by atoms with Crippen LogP contribution in [0.2, 0.25) is 0 Å². The first-order valence-corrected chi connectivity index (χ1v) is 8.70. The maximum Gasteiger partial charge on any atom is 0.132 e. The summed E-state index contributed by atoms with van der Waals surface area (Å²) in [6.45, 7) is 2.75. The zero-order chi connectivity index (χ0) is 15.6. The lowest BCUT2D eigenvalue weighted by Crippen LogP contribution is -2.33. The minimum absolute atomic E-state index is 0.621. The third-order valence-corrected chi connectivity index (χ3v) is 5.20. The van der Waals surface area contributed by atoms with Gasteiger partial charge < -0.3 is 10.6 Å². The molecule has 4 heteroatoms. The van der Waals surface area contributed by atoms with E-state index in [1.54, 1.807) is 6.33 Å². The van der Waals surface area contributed by atoms with Crippen molar-refractivity contribution in [1.29, 1.82) is 0 Å². The van der Waals surface area contributed by atoms with Crippen LogP contribution in [0.1, 0.15) is 54.3 Å². The van der Waals surface area contributed by atoms with E-state index in [0.29, 0.717) is 18.4 Å². The Morgan fingerprint density at radius 3 is 2.52 bits per heavy atom. The molecule has 0 bridgehead atoms. The van der Waals surface area contributed by atoms with E-state index in [9.17, 15) is 0 Å². The van der Waals surface area contributed by atoms with Crippen LogP contribution in [0.4, 0.5) is 5.82 Å². The molecule has 0 spiro atoms. The fourth-order valence-electron chi connectivity index (χ4n) is 3.67. The lowest BCUT2D eigenvalue weighted by Gasteiger charge is -2.33. The fraction of sp³-hybridized carbons (Fsp3) is 0.474. The van der Waals surface area contributed by atoms with Crippen LogP contribution in [0, 0.1) is 0 Å². The van der Waals surface area contributed by atoms with E-state index in [4.69, 9.17) is 5.73 Å². The van der Waals surface area contributed by atoms with Gasteiger partial charge in [-0.2, -0.15) is 0 Å². The molecule has 0 unspecified atom stereocenters. The summed E-state index contributed by atoms with van der Waals surface area (Å²) in [7, 11) is 0. The van der Waals surface area contributed by atoms with Gasteiger partial charge in [0.25, 0.3) is 0 Å². The van der Waals surface area contributed by atoms with Crippen LogP contribution in [-0.4, -0.2) is 23.1 Å². The second-order valence-electron chi connectivity index (χ2n) is 6.74. The van der Waals surface area contributed by atoms with Crippen LogP contribution in [0.25, 0.3) is 0 Å². The highest BCUT2D eigenvalue weighted by atomic mass is 15.2. The maximum atomic E-state index is 5.90. The number of nitrogens with zero attached hydrogens (tertiary/aromatic N) is 3. The monoisotopic (exact) mass is 308 g/mol. The first kappa shape index (κ1) is 14.6. The molecule has 0 radical (unpaired) electrons. The Hall–Kier alpha value is -1.94. The summed E-state index contributed by atoms with van der Waals surface area (Å²) < 4.78 is 0. The van der Waals surface area contributed by atoms with Gasteiger partial charge in [-0.25, -0.2) is 9.97 Å². The number of piperidine rings is 1. The molecule has 0 atom stereocenters. The second kappa shape index (κ2) is 6.28. The lowest BCUT2D eigenvalue weighted by molar-refractivity contribution is 0.499. The molecule has 1 saturated heterocycles. The molecule has 1 saturated carbocycles. The van der Waals surface area contributed by atoms with Crippen molar-refractivity contribution in [2.24, 2.45) is 5.73 Å². The van der Waals surface area contributed by atoms with E-state index in [1.807, 2.05) is 0 Å². The number of benzene rings is 1. The van der Waals surface area contributed by atoms with Gasteiger partial charge >= 0.3 is 0 Å². The van der Waals surface area contributed by atoms with Gasteiger partial charge in [-0.15, -0.1) is 0 Å². The molecule has 1 aromatic carbocycles. The van der Waals surface area contributed by atoms with Crippen molar-refractivity contribution < 1.29 is 0 Å². The summed E-state index contributed by atoms with van der Waals surface area (Å²) in [4.78, 5) is 11.3. The Morgan fingerprint density at radius 1 is 1.00 bits per heavy atom. The van der Waals surface area contributed by atoms with Crippen molar-refractivity contribution in [3.05, 3.63) is 53.5 Å². The molecular weight excluding hydrogens is 284 g/mol. The third kappa shape index (κ3) is 3.08. The number of hydrogen-bond acceptors (Lipinski definition) is 4. The molecule has 4 rings (SSSR count). The van der Waals surface area contributed by atoms with Gasteiger partial charge in [0.05, 0.1) is 0 Å². The van der Waals surface area contributed by atoms with Gasteiger partial charge in [-0.05, 0) is 42.7 Å². The summed E-state index contributed by atoms with van der Waals surface area (Å²) in [5.41, 5.74) is 9.86. The number of aromatic nitrogens is 2. The number of nitrogens with two attached hydrogens (primary N) is 1. The minimum Gasteiger partial charge on any atom is -0.356 e. The van der Waals surface area contributed by atoms with Crippen LogP contribution in [0.5, 0.6) is 0 Å². The summed E-state index contributed by atoms with van der Waals surface area (Å²) in [6.07, 6.45) is 6.64. The summed E-state index contributed by atoms with van der Waals surface area (Å²) >= 11 is 0. The zero-order valence-electron chi connectivity index (χ0n) is 13.5. The predicted molar refractivity (Wildman–Crippen MR) is 92.5 cm³/mol. The topological polar surface area (TPSA) is 55.0 Å². The SMILES string of the molecule is NCc1ccccc1C1CCN(c2cc(C3CC3)ncn2)CC1. The van der Waals surface area contributed by atoms with Crippen molar-refractivity contribution in [1.82, 2.24) is 9.97 Å². The van der Waals surface area contributed by atoms with E-state index in [0.717, 1.165) is 18.9 Å². The number of rotatable bonds is 4. The van der Waals surface area contributed by atoms with Crippen LogP contribution in [-0.2, 0) is 6.54 Å². The highest BCUT2D eigenvalue weighted by Gasteiger charge is 2.27. The molecule has 4 nitrogen and oxygen atoms in total. The van der Waals surface area contributed by atoms with E-state index < -0.39 is 0 Å². The Labute approximate surface area is 137 Å². The van der Waals surface area contributed by atoms with Crippen LogP contribution < -0.4 is 10.6 Å². The maximum absolute atomic E-state index is 5.90. The van der Waals surface area contributed by atoms with Gasteiger partial charge in [-0.3, -0.25) is 0 Å². The number of anilines is 1. The van der Waals surface area contributed by atoms with Crippen molar-refractivity contribution in [3.8, 4) is 0 Å². The lowest BCUT2D eigenvalue weighted by atomic mass is 9.86. The molecule has 0 amide bonds. The van der Waals surface area contributed by atoms with E-state index in [2.05, 4.69) is 45.2 Å². The summed E-state index contributed by atoms with van der Waals surface area (Å²) in [5, 5.41) is 0. The molecular formula is C19H24N4. The third-order valence-electron chi connectivity index (χ3n) is 5.20. The Bertz CT molecular complexity index is 673.